The lowest BCUT2D eigenvalue weighted by atomic mass is 9.89. The molecule has 0 saturated carbocycles. The van der Waals surface area contributed by atoms with Gasteiger partial charge in [-0.2, -0.15) is 9.36 Å². The third kappa shape index (κ3) is 3.61. The number of halogens is 1. The number of carbonyl (C=O) groups excluding carboxylic acids is 2. The Bertz CT molecular complexity index is 835. The first kappa shape index (κ1) is 20.6. The summed E-state index contributed by atoms with van der Waals surface area (Å²) in [6.07, 6.45) is 0. The van der Waals surface area contributed by atoms with Crippen molar-refractivity contribution in [2.45, 2.75) is 18.3 Å². The van der Waals surface area contributed by atoms with E-state index in [9.17, 15) is 19.5 Å². The van der Waals surface area contributed by atoms with Crippen molar-refractivity contribution >= 4 is 63.5 Å². The molecule has 3 rings (SSSR count). The van der Waals surface area contributed by atoms with Gasteiger partial charge < -0.3 is 25.9 Å². The van der Waals surface area contributed by atoms with Crippen LogP contribution in [-0.2, 0) is 19.2 Å². The van der Waals surface area contributed by atoms with E-state index in [0.29, 0.717) is 0 Å². The van der Waals surface area contributed by atoms with Gasteiger partial charge in [0.1, 0.15) is 23.4 Å². The van der Waals surface area contributed by atoms with Crippen molar-refractivity contribution in [1.29, 1.82) is 0 Å². The van der Waals surface area contributed by atoms with Gasteiger partial charge in [0.2, 0.25) is 17.4 Å². The number of amides is 2. The molecule has 2 fully saturated rings. The van der Waals surface area contributed by atoms with Crippen LogP contribution in [0.4, 0.5) is 5.13 Å². The molecular formula is C14H17ClN6O5S2. The summed E-state index contributed by atoms with van der Waals surface area (Å²) in [4.78, 5) is 46.9. The number of nitrogens with one attached hydrogen (secondary N) is 1. The van der Waals surface area contributed by atoms with Gasteiger partial charge >= 0.3 is 5.97 Å². The maximum Gasteiger partial charge on any atom is 0.313 e. The minimum Gasteiger partial charge on any atom is -0.481 e. The van der Waals surface area contributed by atoms with Gasteiger partial charge in [0, 0.05) is 29.7 Å². The molecule has 3 heterocycles. The molecule has 1 aromatic rings. The summed E-state index contributed by atoms with van der Waals surface area (Å²) in [6.45, 7) is 1.92. The minimum absolute atomic E-state index is 0.000380. The standard InChI is InChI=1S/C14H17ClN6O5S2/c1-2-26-19-6(8-18-13(16)28-20-8)9(22)17-7-10(23)21-4-14(3-15,12(24)25)5-27-11(7)21/h7,11H,2-5H2,1H3,(H,17,22)(H,24,25)(H2,16,18,20)/t7-,11-,14?/m1/s1. The Morgan fingerprint density at radius 3 is 2.89 bits per heavy atom. The highest BCUT2D eigenvalue weighted by atomic mass is 35.5. The predicted molar refractivity (Wildman–Crippen MR) is 103 cm³/mol. The number of fused-ring (bicyclic) bond motifs is 1. The number of carboxylic acid groups (broad SMARTS) is 1. The van der Waals surface area contributed by atoms with Crippen molar-refractivity contribution < 1.29 is 24.3 Å². The molecule has 0 bridgehead atoms. The van der Waals surface area contributed by atoms with Gasteiger partial charge in [-0.15, -0.1) is 23.4 Å². The van der Waals surface area contributed by atoms with Gasteiger partial charge in [0.05, 0.1) is 0 Å². The Balaban J connectivity index is 1.71. The van der Waals surface area contributed by atoms with E-state index in [-0.39, 0.29) is 52.7 Å². The second kappa shape index (κ2) is 8.09. The highest BCUT2D eigenvalue weighted by Crippen LogP contribution is 2.42. The molecule has 0 aliphatic carbocycles. The first-order chi connectivity index (χ1) is 13.3. The van der Waals surface area contributed by atoms with Crippen LogP contribution in [0.1, 0.15) is 12.7 Å². The molecule has 1 aromatic heterocycles. The van der Waals surface area contributed by atoms with E-state index in [1.165, 1.54) is 16.7 Å². The molecule has 28 heavy (non-hydrogen) atoms. The summed E-state index contributed by atoms with van der Waals surface area (Å²) in [7, 11) is 0. The first-order valence-corrected chi connectivity index (χ1v) is 10.5. The number of carboxylic acids is 1. The fourth-order valence-corrected chi connectivity index (χ4v) is 5.13. The summed E-state index contributed by atoms with van der Waals surface area (Å²) in [5, 5.41) is 15.5. The van der Waals surface area contributed by atoms with E-state index in [2.05, 4.69) is 19.8 Å². The number of nitrogens with two attached hydrogens (primary N) is 1. The predicted octanol–water partition coefficient (Wildman–Crippen LogP) is -0.429. The molecule has 3 atom stereocenters. The Hall–Kier alpha value is -2.12. The molecule has 1 unspecified atom stereocenters. The van der Waals surface area contributed by atoms with Crippen LogP contribution in [0.3, 0.4) is 0 Å². The zero-order chi connectivity index (χ0) is 20.5. The zero-order valence-electron chi connectivity index (χ0n) is 14.6. The summed E-state index contributed by atoms with van der Waals surface area (Å²) < 4.78 is 3.94. The Morgan fingerprint density at radius 1 is 1.57 bits per heavy atom. The van der Waals surface area contributed by atoms with Crippen molar-refractivity contribution in [3.8, 4) is 0 Å². The lowest BCUT2D eigenvalue weighted by Gasteiger charge is -2.53. The third-order valence-electron chi connectivity index (χ3n) is 4.29. The smallest absolute Gasteiger partial charge is 0.313 e. The first-order valence-electron chi connectivity index (χ1n) is 8.15. The van der Waals surface area contributed by atoms with E-state index >= 15 is 0 Å². The normalized spacial score (nSPS) is 27.0. The van der Waals surface area contributed by atoms with E-state index in [1.54, 1.807) is 6.92 Å². The summed E-state index contributed by atoms with van der Waals surface area (Å²) >= 11 is 8.00. The fourth-order valence-electron chi connectivity index (χ4n) is 2.75. The number of oxime groups is 1. The van der Waals surface area contributed by atoms with Gasteiger partial charge in [-0.3, -0.25) is 14.4 Å². The lowest BCUT2D eigenvalue weighted by molar-refractivity contribution is -0.157. The van der Waals surface area contributed by atoms with Gasteiger partial charge in [0.25, 0.3) is 5.91 Å². The molecule has 4 N–H and O–H groups in total. The van der Waals surface area contributed by atoms with Gasteiger partial charge in [-0.25, -0.2) is 0 Å². The van der Waals surface area contributed by atoms with Gasteiger partial charge in [-0.05, 0) is 6.92 Å². The number of aromatic nitrogens is 2. The van der Waals surface area contributed by atoms with E-state index in [0.717, 1.165) is 11.5 Å². The maximum absolute atomic E-state index is 12.6. The van der Waals surface area contributed by atoms with Crippen molar-refractivity contribution in [2.75, 3.05) is 30.5 Å². The van der Waals surface area contributed by atoms with E-state index in [4.69, 9.17) is 22.2 Å². The number of anilines is 1. The Labute approximate surface area is 172 Å². The Kier molecular flexibility index (Phi) is 5.95. The number of nitrogens with zero attached hydrogens (tertiary/aromatic N) is 4. The molecule has 0 radical (unpaired) electrons. The number of rotatable bonds is 7. The highest BCUT2D eigenvalue weighted by Gasteiger charge is 2.57. The SMILES string of the molecule is CCON=C(C(=O)N[C@@H]1C(=O)N2CC(CCl)(C(=O)O)CS[C@H]12)c1nsc(N)n1. The zero-order valence-corrected chi connectivity index (χ0v) is 17.0. The number of hydrogen-bond donors (Lipinski definition) is 3. The van der Waals surface area contributed by atoms with Gasteiger partial charge in [-0.1, -0.05) is 5.16 Å². The monoisotopic (exact) mass is 448 g/mol. The molecular weight excluding hydrogens is 432 g/mol. The van der Waals surface area contributed by atoms with Crippen LogP contribution < -0.4 is 11.1 Å². The average molecular weight is 449 g/mol. The van der Waals surface area contributed by atoms with Crippen LogP contribution >= 0.6 is 34.9 Å². The van der Waals surface area contributed by atoms with E-state index in [1.807, 2.05) is 0 Å². The molecule has 14 heteroatoms. The molecule has 2 saturated heterocycles. The topological polar surface area (TPSA) is 160 Å². The van der Waals surface area contributed by atoms with Crippen molar-refractivity contribution in [3.05, 3.63) is 5.82 Å². The number of β-lactam (4-membered cyclic amide) rings is 1. The van der Waals surface area contributed by atoms with Crippen LogP contribution in [-0.4, -0.2) is 79.1 Å². The molecule has 0 aromatic carbocycles. The molecule has 2 aliphatic rings. The van der Waals surface area contributed by atoms with Crippen LogP contribution in [0.15, 0.2) is 5.16 Å². The summed E-state index contributed by atoms with van der Waals surface area (Å²) in [5.41, 5.74) is 4.16. The second-order valence-electron chi connectivity index (χ2n) is 6.15. The molecule has 2 amide bonds. The molecule has 11 nitrogen and oxygen atoms in total. The quantitative estimate of drug-likeness (QED) is 0.217. The molecule has 152 valence electrons. The number of aliphatic carboxylic acids is 1. The van der Waals surface area contributed by atoms with Crippen molar-refractivity contribution in [2.24, 2.45) is 10.6 Å². The summed E-state index contributed by atoms with van der Waals surface area (Å²) in [6, 6.07) is -0.817. The van der Waals surface area contributed by atoms with Crippen LogP contribution in [0.5, 0.6) is 0 Å². The number of nitrogen functional groups attached to an aromatic ring is 1. The van der Waals surface area contributed by atoms with Crippen molar-refractivity contribution in [3.63, 3.8) is 0 Å². The number of carbonyl (C=O) groups is 3. The number of hydrogen-bond acceptors (Lipinski definition) is 10. The number of thioether (sulfide) groups is 1. The number of alkyl halides is 1. The molecule has 2 aliphatic heterocycles. The van der Waals surface area contributed by atoms with Crippen LogP contribution in [0, 0.1) is 5.41 Å². The van der Waals surface area contributed by atoms with Gasteiger partial charge in [0.15, 0.2) is 5.13 Å². The van der Waals surface area contributed by atoms with Crippen LogP contribution in [0.25, 0.3) is 0 Å². The Morgan fingerprint density at radius 2 is 2.32 bits per heavy atom. The fraction of sp³-hybridized carbons (Fsp3) is 0.571. The molecule has 0 spiro atoms. The second-order valence-corrected chi connectivity index (χ2v) is 8.31. The van der Waals surface area contributed by atoms with E-state index < -0.39 is 23.3 Å². The van der Waals surface area contributed by atoms with Crippen molar-refractivity contribution in [1.82, 2.24) is 19.6 Å². The highest BCUT2D eigenvalue weighted by molar-refractivity contribution is 8.00. The summed E-state index contributed by atoms with van der Waals surface area (Å²) in [5.74, 6) is -1.99. The average Bonchev–Trinajstić information content (AvgIpc) is 3.11. The largest absolute Gasteiger partial charge is 0.481 e. The van der Waals surface area contributed by atoms with Crippen LogP contribution in [0.2, 0.25) is 0 Å². The lowest BCUT2D eigenvalue weighted by Crippen LogP contribution is -2.74. The maximum atomic E-state index is 12.6. The third-order valence-corrected chi connectivity index (χ3v) is 6.94. The minimum atomic E-state index is -1.20.